The summed E-state index contributed by atoms with van der Waals surface area (Å²) < 4.78 is 33.8. The molecule has 0 aliphatic carbocycles. The molecule has 51 heavy (non-hydrogen) atoms. The SMILES string of the molecule is CC(=O)N[C@H]1[C@H](O[C@@H]([C@@H](O)[C@H](O)CO)[C@@H](O)CO)O[C@H](CO)[C@@H](O[C@@H]2O[C@H](CO)[C@H](O)[C@H](O[C@@H]3O[C@H](CO)[C@@H](O)[C@H](O)[C@H]3NC(C)=O)[C@H]2O)[C@@H]1O. The highest BCUT2D eigenvalue weighted by molar-refractivity contribution is 5.73. The van der Waals surface area contributed by atoms with E-state index in [1.165, 1.54) is 0 Å². The standard InChI is InChI=1S/C28H50N2O21/c1-8(36)29-15-20(43)18(41)12(5-33)46-26(15)51-25-19(42)13(6-34)47-28(22(25)45)50-24-14(7-35)48-27(16(21(24)44)30-9(2)37)49-23(11(39)4-32)17(40)10(38)3-31/h10-28,31-35,38-45H,3-7H2,1-2H3,(H,29,36)(H,30,37)/t10-,11+,12-,13-,14-,15-,16-,17+,18-,19+,20-,21-,22-,23-,24-,25+,26+,27+,28+/m1/s1. The molecule has 0 aromatic carbocycles. The second-order valence-electron chi connectivity index (χ2n) is 12.4. The van der Waals surface area contributed by atoms with Gasteiger partial charge in [-0.2, -0.15) is 0 Å². The molecule has 0 aromatic rings. The minimum atomic E-state index is -2.06. The van der Waals surface area contributed by atoms with Crippen molar-refractivity contribution in [1.82, 2.24) is 10.6 Å². The molecular formula is C28H50N2O21. The summed E-state index contributed by atoms with van der Waals surface area (Å²) in [5.41, 5.74) is 0. The zero-order valence-corrected chi connectivity index (χ0v) is 27.6. The van der Waals surface area contributed by atoms with Crippen molar-refractivity contribution in [2.45, 2.75) is 130 Å². The quantitative estimate of drug-likeness (QED) is 0.0696. The molecule has 3 saturated heterocycles. The van der Waals surface area contributed by atoms with Crippen LogP contribution >= 0.6 is 0 Å². The summed E-state index contributed by atoms with van der Waals surface area (Å²) in [4.78, 5) is 24.0. The molecule has 3 fully saturated rings. The summed E-state index contributed by atoms with van der Waals surface area (Å²) in [6.07, 6.45) is -30.8. The molecule has 23 heteroatoms. The fourth-order valence-electron chi connectivity index (χ4n) is 5.95. The van der Waals surface area contributed by atoms with E-state index in [1.807, 2.05) is 0 Å². The average Bonchev–Trinajstić information content (AvgIpc) is 3.10. The van der Waals surface area contributed by atoms with Gasteiger partial charge in [-0.05, 0) is 0 Å². The average molecular weight is 751 g/mol. The van der Waals surface area contributed by atoms with Gasteiger partial charge in [-0.15, -0.1) is 0 Å². The van der Waals surface area contributed by atoms with Crippen molar-refractivity contribution in [2.24, 2.45) is 0 Å². The van der Waals surface area contributed by atoms with Gasteiger partial charge in [-0.25, -0.2) is 0 Å². The molecule has 3 heterocycles. The van der Waals surface area contributed by atoms with Crippen LogP contribution in [0, 0.1) is 0 Å². The van der Waals surface area contributed by atoms with E-state index in [4.69, 9.17) is 28.4 Å². The third kappa shape index (κ3) is 10.2. The van der Waals surface area contributed by atoms with E-state index in [9.17, 15) is 76.0 Å². The van der Waals surface area contributed by atoms with Gasteiger partial charge in [-0.1, -0.05) is 0 Å². The second kappa shape index (κ2) is 19.5. The molecular weight excluding hydrogens is 700 g/mol. The van der Waals surface area contributed by atoms with Gasteiger partial charge < -0.3 is 105 Å². The van der Waals surface area contributed by atoms with Crippen LogP contribution in [0.2, 0.25) is 0 Å². The van der Waals surface area contributed by atoms with E-state index in [-0.39, 0.29) is 0 Å². The number of amides is 2. The van der Waals surface area contributed by atoms with Crippen LogP contribution in [0.1, 0.15) is 13.8 Å². The molecule has 3 aliphatic heterocycles. The third-order valence-corrected chi connectivity index (χ3v) is 8.65. The first-order valence-electron chi connectivity index (χ1n) is 16.0. The highest BCUT2D eigenvalue weighted by Crippen LogP contribution is 2.33. The largest absolute Gasteiger partial charge is 0.394 e. The molecule has 19 atom stereocenters. The third-order valence-electron chi connectivity index (χ3n) is 8.65. The molecule has 23 nitrogen and oxygen atoms in total. The molecule has 0 unspecified atom stereocenters. The molecule has 2 amide bonds. The zero-order valence-electron chi connectivity index (χ0n) is 27.6. The van der Waals surface area contributed by atoms with Gasteiger partial charge in [0.05, 0.1) is 33.0 Å². The number of aliphatic hydroxyl groups excluding tert-OH is 13. The van der Waals surface area contributed by atoms with Gasteiger partial charge in [-0.3, -0.25) is 9.59 Å². The topological polar surface area (TPSA) is 377 Å². The van der Waals surface area contributed by atoms with E-state index in [0.29, 0.717) is 0 Å². The number of carbonyl (C=O) groups excluding carboxylic acids is 2. The minimum absolute atomic E-state index is 0.706. The smallest absolute Gasteiger partial charge is 0.217 e. The number of aliphatic hydroxyl groups is 13. The summed E-state index contributed by atoms with van der Waals surface area (Å²) in [5.74, 6) is -1.49. The van der Waals surface area contributed by atoms with Crippen LogP contribution in [0.25, 0.3) is 0 Å². The fraction of sp³-hybridized carbons (Fsp3) is 0.929. The van der Waals surface area contributed by atoms with Crippen molar-refractivity contribution in [1.29, 1.82) is 0 Å². The monoisotopic (exact) mass is 750 g/mol. The number of rotatable bonds is 16. The fourth-order valence-corrected chi connectivity index (χ4v) is 5.95. The van der Waals surface area contributed by atoms with Gasteiger partial charge in [0.25, 0.3) is 0 Å². The summed E-state index contributed by atoms with van der Waals surface area (Å²) in [6.45, 7) is -2.61. The van der Waals surface area contributed by atoms with E-state index >= 15 is 0 Å². The Morgan fingerprint density at radius 3 is 1.57 bits per heavy atom. The van der Waals surface area contributed by atoms with Crippen LogP contribution in [0.15, 0.2) is 0 Å². The van der Waals surface area contributed by atoms with Crippen molar-refractivity contribution >= 4 is 11.8 Å². The Labute approximate surface area is 290 Å². The predicted octanol–water partition coefficient (Wildman–Crippen LogP) is -9.83. The van der Waals surface area contributed by atoms with Crippen molar-refractivity contribution in [3.63, 3.8) is 0 Å². The second-order valence-corrected chi connectivity index (χ2v) is 12.4. The van der Waals surface area contributed by atoms with Gasteiger partial charge >= 0.3 is 0 Å². The first-order valence-corrected chi connectivity index (χ1v) is 16.0. The normalized spacial score (nSPS) is 41.3. The molecule has 0 saturated carbocycles. The van der Waals surface area contributed by atoms with E-state index in [1.54, 1.807) is 0 Å². The summed E-state index contributed by atoms with van der Waals surface area (Å²) in [6, 6.07) is -3.17. The highest BCUT2D eigenvalue weighted by atomic mass is 16.8. The maximum absolute atomic E-state index is 12.1. The highest BCUT2D eigenvalue weighted by Gasteiger charge is 2.55. The van der Waals surface area contributed by atoms with E-state index in [2.05, 4.69) is 10.6 Å². The number of hydrogen-bond acceptors (Lipinski definition) is 21. The summed E-state index contributed by atoms with van der Waals surface area (Å²) >= 11 is 0. The van der Waals surface area contributed by atoms with Crippen LogP contribution in [-0.2, 0) is 38.0 Å². The van der Waals surface area contributed by atoms with Crippen LogP contribution in [0.3, 0.4) is 0 Å². The Hall–Kier alpha value is -1.82. The molecule has 3 rings (SSSR count). The lowest BCUT2D eigenvalue weighted by atomic mass is 9.94. The van der Waals surface area contributed by atoms with Crippen LogP contribution in [-0.4, -0.2) is 228 Å². The molecule has 0 radical (unpaired) electrons. The number of nitrogens with one attached hydrogen (secondary N) is 2. The maximum Gasteiger partial charge on any atom is 0.217 e. The maximum atomic E-state index is 12.1. The van der Waals surface area contributed by atoms with Gasteiger partial charge in [0.2, 0.25) is 11.8 Å². The Balaban J connectivity index is 1.90. The Morgan fingerprint density at radius 2 is 1.06 bits per heavy atom. The van der Waals surface area contributed by atoms with E-state index in [0.717, 1.165) is 13.8 Å². The van der Waals surface area contributed by atoms with Crippen LogP contribution in [0.5, 0.6) is 0 Å². The lowest BCUT2D eigenvalue weighted by Crippen LogP contribution is -2.69. The Morgan fingerprint density at radius 1 is 0.588 bits per heavy atom. The van der Waals surface area contributed by atoms with Gasteiger partial charge in [0.1, 0.15) is 97.5 Å². The van der Waals surface area contributed by atoms with Crippen LogP contribution in [0.4, 0.5) is 0 Å². The molecule has 0 bridgehead atoms. The number of carbonyl (C=O) groups is 2. The van der Waals surface area contributed by atoms with Crippen molar-refractivity contribution in [3.05, 3.63) is 0 Å². The summed E-state index contributed by atoms with van der Waals surface area (Å²) in [5, 5.41) is 138. The van der Waals surface area contributed by atoms with Crippen molar-refractivity contribution in [2.75, 3.05) is 33.0 Å². The first-order chi connectivity index (χ1) is 24.0. The summed E-state index contributed by atoms with van der Waals surface area (Å²) in [7, 11) is 0. The van der Waals surface area contributed by atoms with Crippen molar-refractivity contribution < 1.29 is 104 Å². The molecule has 3 aliphatic rings. The predicted molar refractivity (Wildman–Crippen MR) is 159 cm³/mol. The number of hydrogen-bond donors (Lipinski definition) is 15. The number of ether oxygens (including phenoxy) is 6. The van der Waals surface area contributed by atoms with E-state index < -0.39 is 161 Å². The zero-order chi connectivity index (χ0) is 38.3. The molecule has 298 valence electrons. The van der Waals surface area contributed by atoms with Crippen molar-refractivity contribution in [3.8, 4) is 0 Å². The Bertz CT molecular complexity index is 1100. The van der Waals surface area contributed by atoms with Crippen LogP contribution < -0.4 is 10.6 Å². The lowest BCUT2D eigenvalue weighted by Gasteiger charge is -2.49. The van der Waals surface area contributed by atoms with Gasteiger partial charge in [0.15, 0.2) is 18.9 Å². The lowest BCUT2D eigenvalue weighted by molar-refractivity contribution is -0.372. The molecule has 0 spiro atoms. The Kier molecular flexibility index (Phi) is 16.7. The first kappa shape index (κ1) is 43.6. The molecule has 15 N–H and O–H groups in total. The van der Waals surface area contributed by atoms with Gasteiger partial charge in [0, 0.05) is 13.8 Å². The minimum Gasteiger partial charge on any atom is -0.394 e. The molecule has 0 aromatic heterocycles.